The van der Waals surface area contributed by atoms with Gasteiger partial charge in [0, 0.05) is 0 Å². The Morgan fingerprint density at radius 3 is 2.08 bits per heavy atom. The van der Waals surface area contributed by atoms with Crippen molar-refractivity contribution in [2.75, 3.05) is 0 Å². The van der Waals surface area contributed by atoms with Gasteiger partial charge in [-0.15, -0.1) is 0 Å². The Balaban J connectivity index is 1.68. The van der Waals surface area contributed by atoms with Gasteiger partial charge in [-0.3, -0.25) is 0 Å². The van der Waals surface area contributed by atoms with Gasteiger partial charge >= 0.3 is 228 Å². The van der Waals surface area contributed by atoms with E-state index in [1.165, 1.54) is 30.3 Å². The van der Waals surface area contributed by atoms with Crippen molar-refractivity contribution in [1.82, 2.24) is 3.97 Å². The number of fused-ring (bicyclic) bond motifs is 2. The summed E-state index contributed by atoms with van der Waals surface area (Å²) < 4.78 is 121. The molecule has 0 unspecified atom stereocenters. The van der Waals surface area contributed by atoms with E-state index in [0.717, 1.165) is 21.7 Å². The molecular formula is C27H20F6INO3S. The van der Waals surface area contributed by atoms with E-state index in [2.05, 4.69) is 0 Å². The third-order valence-electron chi connectivity index (χ3n) is 6.93. The average molecular weight is 679 g/mol. The Bertz CT molecular complexity index is 1690. The summed E-state index contributed by atoms with van der Waals surface area (Å²) in [4.78, 5) is -0.0289. The van der Waals surface area contributed by atoms with Gasteiger partial charge in [0.25, 0.3) is 0 Å². The van der Waals surface area contributed by atoms with Gasteiger partial charge < -0.3 is 0 Å². The van der Waals surface area contributed by atoms with Crippen molar-refractivity contribution in [3.63, 3.8) is 0 Å². The standard InChI is InChI=1S/C27H20F6INO3S/c1-16-10-14-18(15-11-16)39(36,37)35-22-9-5-2-6-19(22)23(24(35)17-12-13-17)34-21-8-4-3-7-20(21)25(38-34,26(28,29)30)27(31,32)33/h2-11,14-15,17H,12-13H2,1H3. The zero-order chi connectivity index (χ0) is 28.0. The topological polar surface area (TPSA) is 48.3 Å². The van der Waals surface area contributed by atoms with E-state index in [1.807, 2.05) is 0 Å². The molecule has 0 spiro atoms. The number of alkyl halides is 6. The van der Waals surface area contributed by atoms with Crippen LogP contribution in [0.15, 0.2) is 77.7 Å². The normalized spacial score (nSPS) is 18.5. The second kappa shape index (κ2) is 8.71. The Labute approximate surface area is 227 Å². The molecule has 1 saturated carbocycles. The molecule has 4 nitrogen and oxygen atoms in total. The second-order valence-electron chi connectivity index (χ2n) is 9.56. The summed E-state index contributed by atoms with van der Waals surface area (Å²) in [5.41, 5.74) is -4.23. The number of aromatic nitrogens is 1. The van der Waals surface area contributed by atoms with Gasteiger partial charge in [-0.1, -0.05) is 0 Å². The maximum atomic E-state index is 14.4. The summed E-state index contributed by atoms with van der Waals surface area (Å²) in [6.07, 6.45) is -10.5. The van der Waals surface area contributed by atoms with Crippen LogP contribution in [0.25, 0.3) is 10.9 Å². The predicted molar refractivity (Wildman–Crippen MR) is 140 cm³/mol. The van der Waals surface area contributed by atoms with Crippen LogP contribution in [0.2, 0.25) is 0 Å². The van der Waals surface area contributed by atoms with E-state index in [1.54, 1.807) is 37.3 Å². The van der Waals surface area contributed by atoms with Crippen molar-refractivity contribution in [2.45, 2.75) is 48.5 Å². The SMILES string of the molecule is Cc1ccc(S(=O)(=O)n2c(C3CC3)c(I3OC(C(F)(F)F)(C(F)(F)F)c4ccccc43)c3ccccc32)cc1. The van der Waals surface area contributed by atoms with Crippen molar-refractivity contribution in [2.24, 2.45) is 0 Å². The molecule has 0 atom stereocenters. The van der Waals surface area contributed by atoms with Crippen LogP contribution in [-0.4, -0.2) is 24.7 Å². The monoisotopic (exact) mass is 679 g/mol. The summed E-state index contributed by atoms with van der Waals surface area (Å²) in [6, 6.07) is 16.9. The minimum absolute atomic E-state index is 0.0289. The van der Waals surface area contributed by atoms with Crippen molar-refractivity contribution in [3.8, 4) is 0 Å². The van der Waals surface area contributed by atoms with E-state index >= 15 is 0 Å². The first-order valence-corrected chi connectivity index (χ1v) is 16.3. The van der Waals surface area contributed by atoms with Crippen LogP contribution in [0, 0.1) is 14.1 Å². The number of aryl methyl sites for hydroxylation is 1. The van der Waals surface area contributed by atoms with Crippen molar-refractivity contribution in [3.05, 3.63) is 96.8 Å². The van der Waals surface area contributed by atoms with Gasteiger partial charge in [0.1, 0.15) is 0 Å². The first-order valence-electron chi connectivity index (χ1n) is 11.9. The van der Waals surface area contributed by atoms with Gasteiger partial charge in [0.15, 0.2) is 0 Å². The first-order chi connectivity index (χ1) is 18.3. The zero-order valence-electron chi connectivity index (χ0n) is 20.1. The van der Waals surface area contributed by atoms with Crippen molar-refractivity contribution < 1.29 is 37.8 Å². The molecule has 1 aliphatic heterocycles. The number of benzene rings is 3. The third-order valence-corrected chi connectivity index (χ3v) is 13.9. The molecule has 0 N–H and O–H groups in total. The van der Waals surface area contributed by atoms with Crippen LogP contribution >= 0.6 is 20.2 Å². The number of hydrogen-bond donors (Lipinski definition) is 0. The predicted octanol–water partition coefficient (Wildman–Crippen LogP) is 7.88. The molecule has 12 heteroatoms. The number of nitrogens with zero attached hydrogens (tertiary/aromatic N) is 1. The Kier molecular flexibility index (Phi) is 5.95. The summed E-state index contributed by atoms with van der Waals surface area (Å²) in [5, 5.41) is 0.287. The first kappa shape index (κ1) is 26.6. The molecule has 1 aromatic heterocycles. The molecule has 206 valence electrons. The van der Waals surface area contributed by atoms with Crippen LogP contribution in [-0.2, 0) is 18.7 Å². The molecule has 4 aromatic rings. The fourth-order valence-electron chi connectivity index (χ4n) is 4.94. The van der Waals surface area contributed by atoms with E-state index in [9.17, 15) is 34.8 Å². The van der Waals surface area contributed by atoms with E-state index in [-0.39, 0.29) is 34.6 Å². The summed E-state index contributed by atoms with van der Waals surface area (Å²) in [5.74, 6) is -0.340. The van der Waals surface area contributed by atoms with Gasteiger partial charge in [-0.05, 0) is 0 Å². The summed E-state index contributed by atoms with van der Waals surface area (Å²) in [7, 11) is -4.25. The summed E-state index contributed by atoms with van der Waals surface area (Å²) >= 11 is -3.99. The zero-order valence-corrected chi connectivity index (χ0v) is 23.1. The molecule has 39 heavy (non-hydrogen) atoms. The third kappa shape index (κ3) is 3.85. The van der Waals surface area contributed by atoms with Gasteiger partial charge in [0.2, 0.25) is 0 Å². The fourth-order valence-corrected chi connectivity index (χ4v) is 12.9. The van der Waals surface area contributed by atoms with Crippen LogP contribution in [0.5, 0.6) is 0 Å². The number of hydrogen-bond acceptors (Lipinski definition) is 3. The van der Waals surface area contributed by atoms with Crippen molar-refractivity contribution >= 4 is 41.2 Å². The molecule has 0 radical (unpaired) electrons. The van der Waals surface area contributed by atoms with E-state index < -0.39 is 53.8 Å². The van der Waals surface area contributed by atoms with Gasteiger partial charge in [-0.25, -0.2) is 0 Å². The van der Waals surface area contributed by atoms with E-state index in [4.69, 9.17) is 3.07 Å². The number of rotatable bonds is 4. The molecule has 0 bridgehead atoms. The summed E-state index contributed by atoms with van der Waals surface area (Å²) in [6.45, 7) is 1.80. The number of para-hydroxylation sites is 1. The van der Waals surface area contributed by atoms with Crippen LogP contribution in [0.4, 0.5) is 26.3 Å². The Morgan fingerprint density at radius 1 is 0.872 bits per heavy atom. The molecule has 3 aromatic carbocycles. The average Bonchev–Trinajstić information content (AvgIpc) is 3.55. The van der Waals surface area contributed by atoms with Crippen molar-refractivity contribution in [1.29, 1.82) is 0 Å². The van der Waals surface area contributed by atoms with Crippen LogP contribution in [0.3, 0.4) is 0 Å². The van der Waals surface area contributed by atoms with Crippen LogP contribution < -0.4 is 0 Å². The molecule has 0 amide bonds. The molecule has 0 saturated heterocycles. The second-order valence-corrected chi connectivity index (χ2v) is 15.4. The molecule has 1 fully saturated rings. The van der Waals surface area contributed by atoms with Crippen LogP contribution in [0.1, 0.15) is 35.6 Å². The quantitative estimate of drug-likeness (QED) is 0.163. The minimum atomic E-state index is -5.79. The molecule has 2 aliphatic rings. The maximum absolute atomic E-state index is 14.4. The molecular weight excluding hydrogens is 659 g/mol. The fraction of sp³-hybridized carbons (Fsp3) is 0.259. The Morgan fingerprint density at radius 2 is 1.46 bits per heavy atom. The molecule has 2 heterocycles. The molecule has 1 aliphatic carbocycles. The molecule has 6 rings (SSSR count). The number of halogens is 7. The van der Waals surface area contributed by atoms with Gasteiger partial charge in [-0.2, -0.15) is 0 Å². The van der Waals surface area contributed by atoms with Gasteiger partial charge in [0.05, 0.1) is 0 Å². The van der Waals surface area contributed by atoms with E-state index in [0.29, 0.717) is 12.8 Å². The Hall–Kier alpha value is -2.58.